The Bertz CT molecular complexity index is 603. The molecule has 1 aliphatic rings. The Morgan fingerprint density at radius 3 is 2.36 bits per heavy atom. The van der Waals surface area contributed by atoms with Crippen LogP contribution in [0.1, 0.15) is 63.5 Å². The smallest absolute Gasteiger partial charge is 0.432 e. The number of benzene rings is 1. The van der Waals surface area contributed by atoms with Crippen LogP contribution < -0.4 is 4.74 Å². The molecule has 0 radical (unpaired) electrons. The summed E-state index contributed by atoms with van der Waals surface area (Å²) in [6, 6.07) is 5.87. The summed E-state index contributed by atoms with van der Waals surface area (Å²) in [5, 5.41) is 18.9. The van der Waals surface area contributed by atoms with E-state index in [0.717, 1.165) is 11.1 Å². The number of hydrogen-bond donors (Lipinski definition) is 2. The minimum absolute atomic E-state index is 0.000558. The van der Waals surface area contributed by atoms with Gasteiger partial charge in [-0.25, -0.2) is 4.79 Å². The average molecular weight is 396 g/mol. The zero-order chi connectivity index (χ0) is 20.7. The first-order valence-electron chi connectivity index (χ1n) is 9.85. The molecule has 1 heterocycles. The second kappa shape index (κ2) is 10.8. The number of para-hydroxylation sites is 1. The van der Waals surface area contributed by atoms with Crippen LogP contribution in [0.5, 0.6) is 5.75 Å². The number of carbonyl (C=O) groups is 1. The molecule has 1 saturated heterocycles. The van der Waals surface area contributed by atoms with Gasteiger partial charge in [0.2, 0.25) is 0 Å². The Morgan fingerprint density at radius 2 is 1.79 bits per heavy atom. The summed E-state index contributed by atoms with van der Waals surface area (Å²) < 4.78 is 21.6. The van der Waals surface area contributed by atoms with Crippen molar-refractivity contribution in [1.29, 1.82) is 0 Å². The van der Waals surface area contributed by atoms with Crippen molar-refractivity contribution < 1.29 is 34.0 Å². The van der Waals surface area contributed by atoms with Crippen molar-refractivity contribution in [3.8, 4) is 5.75 Å². The maximum absolute atomic E-state index is 12.2. The standard InChI is InChI=1S/C21H32O7/c1-13(2)17-6-5-7-18(14(3)4)20(17)28-21(24)26-9-8-25-19-11-15(23)10-16(12-22)27-19/h5-7,13-16,19,22-23H,8-12H2,1-4H3/t15-,16-,19+/m0/s1. The molecule has 0 spiro atoms. The summed E-state index contributed by atoms with van der Waals surface area (Å²) in [4.78, 5) is 12.2. The summed E-state index contributed by atoms with van der Waals surface area (Å²) >= 11 is 0. The van der Waals surface area contributed by atoms with Crippen LogP contribution in [-0.4, -0.2) is 54.7 Å². The van der Waals surface area contributed by atoms with Crippen LogP contribution in [0.4, 0.5) is 4.79 Å². The van der Waals surface area contributed by atoms with Gasteiger partial charge in [-0.05, 0) is 23.0 Å². The quantitative estimate of drug-likeness (QED) is 0.395. The van der Waals surface area contributed by atoms with E-state index >= 15 is 0 Å². The van der Waals surface area contributed by atoms with E-state index in [4.69, 9.17) is 24.1 Å². The van der Waals surface area contributed by atoms with Crippen LogP contribution in [0, 0.1) is 0 Å². The van der Waals surface area contributed by atoms with Crippen molar-refractivity contribution in [3.63, 3.8) is 0 Å². The highest BCUT2D eigenvalue weighted by Gasteiger charge is 2.28. The maximum atomic E-state index is 12.2. The molecular weight excluding hydrogens is 364 g/mol. The molecule has 3 atom stereocenters. The highest BCUT2D eigenvalue weighted by atomic mass is 16.7. The number of hydrogen-bond acceptors (Lipinski definition) is 7. The van der Waals surface area contributed by atoms with Crippen LogP contribution >= 0.6 is 0 Å². The molecule has 1 aromatic carbocycles. The second-order valence-electron chi connectivity index (χ2n) is 7.64. The largest absolute Gasteiger partial charge is 0.513 e. The van der Waals surface area contributed by atoms with Crippen LogP contribution in [-0.2, 0) is 14.2 Å². The van der Waals surface area contributed by atoms with Gasteiger partial charge in [0.25, 0.3) is 0 Å². The molecule has 0 aromatic heterocycles. The number of aliphatic hydroxyl groups excluding tert-OH is 2. The third-order valence-electron chi connectivity index (χ3n) is 4.66. The lowest BCUT2D eigenvalue weighted by atomic mass is 9.94. The molecule has 0 aliphatic carbocycles. The van der Waals surface area contributed by atoms with Gasteiger partial charge in [-0.15, -0.1) is 0 Å². The zero-order valence-corrected chi connectivity index (χ0v) is 17.1. The first-order valence-corrected chi connectivity index (χ1v) is 9.85. The van der Waals surface area contributed by atoms with Crippen LogP contribution in [0.2, 0.25) is 0 Å². The van der Waals surface area contributed by atoms with E-state index in [9.17, 15) is 9.90 Å². The predicted molar refractivity (Wildman–Crippen MR) is 104 cm³/mol. The normalized spacial score (nSPS) is 22.5. The monoisotopic (exact) mass is 396 g/mol. The van der Waals surface area contributed by atoms with Gasteiger partial charge in [0.1, 0.15) is 12.4 Å². The van der Waals surface area contributed by atoms with Gasteiger partial charge in [0.15, 0.2) is 6.29 Å². The number of aliphatic hydroxyl groups is 2. The average Bonchev–Trinajstić information content (AvgIpc) is 2.64. The molecule has 0 amide bonds. The third kappa shape index (κ3) is 6.44. The molecular formula is C21H32O7. The molecule has 1 fully saturated rings. The van der Waals surface area contributed by atoms with Gasteiger partial charge >= 0.3 is 6.16 Å². The lowest BCUT2D eigenvalue weighted by Crippen LogP contribution is -2.39. The molecule has 1 aliphatic heterocycles. The Kier molecular flexibility index (Phi) is 8.69. The molecule has 0 saturated carbocycles. The molecule has 158 valence electrons. The van der Waals surface area contributed by atoms with Crippen LogP contribution in [0.3, 0.4) is 0 Å². The van der Waals surface area contributed by atoms with Crippen molar-refractivity contribution in [2.24, 2.45) is 0 Å². The summed E-state index contributed by atoms with van der Waals surface area (Å²) in [5.41, 5.74) is 1.91. The Morgan fingerprint density at radius 1 is 1.14 bits per heavy atom. The van der Waals surface area contributed by atoms with E-state index in [1.54, 1.807) is 0 Å². The minimum atomic E-state index is -0.781. The fourth-order valence-electron chi connectivity index (χ4n) is 3.19. The molecule has 2 N–H and O–H groups in total. The van der Waals surface area contributed by atoms with Crippen molar-refractivity contribution in [2.75, 3.05) is 19.8 Å². The van der Waals surface area contributed by atoms with Gasteiger partial charge in [-0.1, -0.05) is 45.9 Å². The van der Waals surface area contributed by atoms with E-state index in [0.29, 0.717) is 18.6 Å². The number of carbonyl (C=O) groups excluding carboxylic acids is 1. The summed E-state index contributed by atoms with van der Waals surface area (Å²) in [7, 11) is 0. The van der Waals surface area contributed by atoms with Gasteiger partial charge in [0.05, 0.1) is 25.4 Å². The fraction of sp³-hybridized carbons (Fsp3) is 0.667. The second-order valence-corrected chi connectivity index (χ2v) is 7.64. The van der Waals surface area contributed by atoms with Gasteiger partial charge < -0.3 is 29.2 Å². The lowest BCUT2D eigenvalue weighted by Gasteiger charge is -2.31. The summed E-state index contributed by atoms with van der Waals surface area (Å²) in [6.45, 7) is 8.11. The van der Waals surface area contributed by atoms with Gasteiger partial charge in [-0.2, -0.15) is 0 Å². The molecule has 7 heteroatoms. The Labute approximate surface area is 166 Å². The van der Waals surface area contributed by atoms with Gasteiger partial charge in [-0.3, -0.25) is 0 Å². The molecule has 2 rings (SSSR count). The predicted octanol–water partition coefficient (Wildman–Crippen LogP) is 3.32. The topological polar surface area (TPSA) is 94.5 Å². The van der Waals surface area contributed by atoms with Crippen molar-refractivity contribution in [1.82, 2.24) is 0 Å². The minimum Gasteiger partial charge on any atom is -0.432 e. The first kappa shape index (κ1) is 22.6. The highest BCUT2D eigenvalue weighted by Crippen LogP contribution is 2.34. The van der Waals surface area contributed by atoms with E-state index in [-0.39, 0.29) is 31.7 Å². The maximum Gasteiger partial charge on any atom is 0.513 e. The summed E-state index contributed by atoms with van der Waals surface area (Å²) in [5.74, 6) is 0.973. The first-order chi connectivity index (χ1) is 13.3. The molecule has 28 heavy (non-hydrogen) atoms. The SMILES string of the molecule is CC(C)c1cccc(C(C)C)c1OC(=O)OCCO[C@H]1C[C@@H](O)C[C@@H](CO)O1. The van der Waals surface area contributed by atoms with Crippen molar-refractivity contribution in [3.05, 3.63) is 29.3 Å². The van der Waals surface area contributed by atoms with Crippen molar-refractivity contribution in [2.45, 2.75) is 70.9 Å². The van der Waals surface area contributed by atoms with Crippen LogP contribution in [0.15, 0.2) is 18.2 Å². The third-order valence-corrected chi connectivity index (χ3v) is 4.66. The highest BCUT2D eigenvalue weighted by molar-refractivity contribution is 5.66. The molecule has 7 nitrogen and oxygen atoms in total. The van der Waals surface area contributed by atoms with Crippen molar-refractivity contribution >= 4 is 6.16 Å². The molecule has 0 bridgehead atoms. The van der Waals surface area contributed by atoms with Gasteiger partial charge in [0, 0.05) is 12.8 Å². The number of ether oxygens (including phenoxy) is 4. The van der Waals surface area contributed by atoms with E-state index in [2.05, 4.69) is 0 Å². The number of rotatable bonds is 8. The van der Waals surface area contributed by atoms with E-state index < -0.39 is 24.7 Å². The Balaban J connectivity index is 1.85. The molecule has 0 unspecified atom stereocenters. The fourth-order valence-corrected chi connectivity index (χ4v) is 3.19. The van der Waals surface area contributed by atoms with Crippen LogP contribution in [0.25, 0.3) is 0 Å². The summed E-state index contributed by atoms with van der Waals surface area (Å²) in [6.07, 6.45) is -1.73. The lowest BCUT2D eigenvalue weighted by molar-refractivity contribution is -0.224. The molecule has 1 aromatic rings. The van der Waals surface area contributed by atoms with E-state index in [1.165, 1.54) is 0 Å². The zero-order valence-electron chi connectivity index (χ0n) is 17.1. The Hall–Kier alpha value is -1.67. The van der Waals surface area contributed by atoms with E-state index in [1.807, 2.05) is 45.9 Å².